The van der Waals surface area contributed by atoms with Crippen LogP contribution in [-0.2, 0) is 0 Å². The third-order valence-corrected chi connectivity index (χ3v) is 6.85. The van der Waals surface area contributed by atoms with E-state index in [0.717, 1.165) is 21.5 Å². The van der Waals surface area contributed by atoms with Crippen molar-refractivity contribution in [1.29, 1.82) is 0 Å². The van der Waals surface area contributed by atoms with Gasteiger partial charge in [0, 0.05) is 34.8 Å². The average molecular weight is 437 g/mol. The zero-order valence-corrected chi connectivity index (χ0v) is 18.3. The van der Waals surface area contributed by atoms with Crippen LogP contribution in [0, 0.1) is 0 Å². The zero-order chi connectivity index (χ0) is 20.5. The van der Waals surface area contributed by atoms with E-state index < -0.39 is 0 Å². The highest BCUT2D eigenvalue weighted by molar-refractivity contribution is 7.80. The lowest BCUT2D eigenvalue weighted by Gasteiger charge is -2.32. The molecule has 1 saturated heterocycles. The minimum Gasteiger partial charge on any atom is -0.351 e. The van der Waals surface area contributed by atoms with Crippen molar-refractivity contribution in [2.75, 3.05) is 4.90 Å². The van der Waals surface area contributed by atoms with E-state index in [1.54, 1.807) is 0 Å². The van der Waals surface area contributed by atoms with Gasteiger partial charge < -0.3 is 14.8 Å². The summed E-state index contributed by atoms with van der Waals surface area (Å²) in [5, 5.41) is 4.99. The van der Waals surface area contributed by atoms with Crippen molar-refractivity contribution in [3.05, 3.63) is 83.4 Å². The Morgan fingerprint density at radius 1 is 0.967 bits per heavy atom. The lowest BCUT2D eigenvalue weighted by atomic mass is 9.94. The maximum Gasteiger partial charge on any atom is 0.174 e. The molecule has 5 rings (SSSR count). The summed E-state index contributed by atoms with van der Waals surface area (Å²) >= 11 is 12.0. The topological polar surface area (TPSA) is 33.1 Å². The molecule has 1 aliphatic heterocycles. The fourth-order valence-corrected chi connectivity index (χ4v) is 5.36. The van der Waals surface area contributed by atoms with Crippen molar-refractivity contribution in [2.24, 2.45) is 0 Å². The van der Waals surface area contributed by atoms with Gasteiger partial charge in [0.05, 0.1) is 11.7 Å². The summed E-state index contributed by atoms with van der Waals surface area (Å²) in [6, 6.07) is 18.9. The Hall–Kier alpha value is -2.37. The molecule has 0 amide bonds. The van der Waals surface area contributed by atoms with Crippen LogP contribution >= 0.6 is 23.8 Å². The molecule has 1 N–H and O–H groups in total. The summed E-state index contributed by atoms with van der Waals surface area (Å²) in [4.78, 5) is 6.88. The first kappa shape index (κ1) is 19.6. The van der Waals surface area contributed by atoms with Gasteiger partial charge >= 0.3 is 0 Å². The fourth-order valence-electron chi connectivity index (χ4n) is 4.88. The van der Waals surface area contributed by atoms with Gasteiger partial charge in [-0.15, -0.1) is 0 Å². The van der Waals surface area contributed by atoms with E-state index in [2.05, 4.69) is 44.2 Å². The van der Waals surface area contributed by atoms with Gasteiger partial charge in [-0.3, -0.25) is 4.98 Å². The highest BCUT2D eigenvalue weighted by Crippen LogP contribution is 2.43. The molecule has 1 aromatic carbocycles. The summed E-state index contributed by atoms with van der Waals surface area (Å²) in [6.45, 7) is 0. The zero-order valence-electron chi connectivity index (χ0n) is 16.7. The lowest BCUT2D eigenvalue weighted by Crippen LogP contribution is -2.31. The number of thiocarbonyl (C=S) groups is 1. The molecule has 30 heavy (non-hydrogen) atoms. The molecule has 154 valence electrons. The van der Waals surface area contributed by atoms with Gasteiger partial charge in [-0.2, -0.15) is 0 Å². The average Bonchev–Trinajstić information content (AvgIpc) is 3.40. The number of halogens is 1. The molecule has 2 aliphatic rings. The van der Waals surface area contributed by atoms with Gasteiger partial charge in [0.15, 0.2) is 5.11 Å². The first-order valence-electron chi connectivity index (χ1n) is 10.7. The molecule has 0 radical (unpaired) electrons. The van der Waals surface area contributed by atoms with E-state index >= 15 is 0 Å². The van der Waals surface area contributed by atoms with Crippen LogP contribution in [0.3, 0.4) is 0 Å². The van der Waals surface area contributed by atoms with Crippen molar-refractivity contribution in [3.8, 4) is 0 Å². The molecule has 6 heteroatoms. The van der Waals surface area contributed by atoms with E-state index in [-0.39, 0.29) is 12.1 Å². The van der Waals surface area contributed by atoms with Crippen LogP contribution in [0.5, 0.6) is 0 Å². The molecule has 0 unspecified atom stereocenters. The number of rotatable bonds is 4. The Bertz CT molecular complexity index is 1010. The van der Waals surface area contributed by atoms with Crippen LogP contribution < -0.4 is 10.2 Å². The standard InChI is InChI=1S/C24H25ClN4S/c25-17-11-13-19(14-12-17)29-23(22(27-24(29)30)20-9-4-5-15-26-20)21-10-6-16-28(21)18-7-2-1-3-8-18/h4-6,9-16,18,22-23H,1-3,7-8H2,(H,27,30)/t22-,23+/m0/s1. The van der Waals surface area contributed by atoms with Crippen molar-refractivity contribution in [3.63, 3.8) is 0 Å². The number of hydrogen-bond acceptors (Lipinski definition) is 2. The quantitative estimate of drug-likeness (QED) is 0.492. The van der Waals surface area contributed by atoms with E-state index in [1.165, 1.54) is 37.8 Å². The Labute approximate surface area is 187 Å². The number of nitrogens with one attached hydrogen (secondary N) is 1. The second-order valence-corrected chi connectivity index (χ2v) is 8.93. The molecular weight excluding hydrogens is 412 g/mol. The smallest absolute Gasteiger partial charge is 0.174 e. The second-order valence-electron chi connectivity index (χ2n) is 8.11. The summed E-state index contributed by atoms with van der Waals surface area (Å²) in [7, 11) is 0. The van der Waals surface area contributed by atoms with Crippen LogP contribution in [0.25, 0.3) is 0 Å². The second kappa shape index (κ2) is 8.40. The maximum atomic E-state index is 6.16. The van der Waals surface area contributed by atoms with Crippen LogP contribution in [0.15, 0.2) is 67.0 Å². The Balaban J connectivity index is 1.61. The van der Waals surface area contributed by atoms with Crippen LogP contribution in [0.4, 0.5) is 5.69 Å². The van der Waals surface area contributed by atoms with Crippen molar-refractivity contribution >= 4 is 34.6 Å². The summed E-state index contributed by atoms with van der Waals surface area (Å²) in [5.74, 6) is 0. The normalized spacial score (nSPS) is 22.3. The molecule has 2 fully saturated rings. The molecular formula is C24H25ClN4S. The number of pyridine rings is 1. The van der Waals surface area contributed by atoms with Crippen molar-refractivity contribution in [1.82, 2.24) is 14.9 Å². The predicted octanol–water partition coefficient (Wildman–Crippen LogP) is 6.22. The molecule has 4 nitrogen and oxygen atoms in total. The maximum absolute atomic E-state index is 6.16. The summed E-state index contributed by atoms with van der Waals surface area (Å²) in [6.07, 6.45) is 10.5. The molecule has 0 bridgehead atoms. The van der Waals surface area contributed by atoms with Crippen molar-refractivity contribution < 1.29 is 0 Å². The number of hydrogen-bond donors (Lipinski definition) is 1. The van der Waals surface area contributed by atoms with E-state index in [4.69, 9.17) is 23.8 Å². The summed E-state index contributed by atoms with van der Waals surface area (Å²) in [5.41, 5.74) is 3.31. The number of benzene rings is 1. The predicted molar refractivity (Wildman–Crippen MR) is 126 cm³/mol. The number of anilines is 1. The Morgan fingerprint density at radius 2 is 1.77 bits per heavy atom. The monoisotopic (exact) mass is 436 g/mol. The van der Waals surface area contributed by atoms with E-state index in [1.807, 2.05) is 42.6 Å². The first-order valence-corrected chi connectivity index (χ1v) is 11.4. The highest BCUT2D eigenvalue weighted by atomic mass is 35.5. The molecule has 1 saturated carbocycles. The number of aromatic nitrogens is 2. The minimum atomic E-state index is -0.0216. The number of nitrogens with zero attached hydrogens (tertiary/aromatic N) is 3. The van der Waals surface area contributed by atoms with E-state index in [9.17, 15) is 0 Å². The summed E-state index contributed by atoms with van der Waals surface area (Å²) < 4.78 is 2.48. The SMILES string of the molecule is S=C1N[C@@H](c2ccccn2)[C@@H](c2cccn2C2CCCCC2)N1c1ccc(Cl)cc1. The van der Waals surface area contributed by atoms with Gasteiger partial charge in [-0.1, -0.05) is 36.9 Å². The van der Waals surface area contributed by atoms with Crippen molar-refractivity contribution in [2.45, 2.75) is 50.2 Å². The van der Waals surface area contributed by atoms with E-state index in [0.29, 0.717) is 6.04 Å². The van der Waals surface area contributed by atoms with Crippen LogP contribution in [0.1, 0.15) is 61.6 Å². The highest BCUT2D eigenvalue weighted by Gasteiger charge is 2.42. The van der Waals surface area contributed by atoms with Crippen LogP contribution in [0.2, 0.25) is 5.02 Å². The first-order chi connectivity index (χ1) is 14.7. The molecule has 3 aromatic rings. The molecule has 2 atom stereocenters. The Kier molecular flexibility index (Phi) is 5.48. The minimum absolute atomic E-state index is 0.0190. The fraction of sp³-hybridized carbons (Fsp3) is 0.333. The largest absolute Gasteiger partial charge is 0.351 e. The van der Waals surface area contributed by atoms with Gasteiger partial charge in [-0.25, -0.2) is 0 Å². The molecule has 2 aromatic heterocycles. The lowest BCUT2D eigenvalue weighted by molar-refractivity contribution is 0.340. The van der Waals surface area contributed by atoms with Gasteiger partial charge in [0.1, 0.15) is 6.04 Å². The van der Waals surface area contributed by atoms with Crippen LogP contribution in [-0.4, -0.2) is 14.7 Å². The van der Waals surface area contributed by atoms with Gasteiger partial charge in [0.25, 0.3) is 0 Å². The third kappa shape index (κ3) is 3.61. The van der Waals surface area contributed by atoms with Gasteiger partial charge in [0.2, 0.25) is 0 Å². The molecule has 1 aliphatic carbocycles. The third-order valence-electron chi connectivity index (χ3n) is 6.29. The molecule has 0 spiro atoms. The molecule has 3 heterocycles. The Morgan fingerprint density at radius 3 is 2.50 bits per heavy atom. The van der Waals surface area contributed by atoms with Gasteiger partial charge in [-0.05, 0) is 73.6 Å².